The number of amides is 1. The summed E-state index contributed by atoms with van der Waals surface area (Å²) < 4.78 is 66.4. The fourth-order valence-corrected chi connectivity index (χ4v) is 5.89. The van der Waals surface area contributed by atoms with Crippen LogP contribution in [0.15, 0.2) is 76.5 Å². The molecule has 4 aromatic rings. The van der Waals surface area contributed by atoms with Gasteiger partial charge in [-0.05, 0) is 66.4 Å². The molecule has 2 aromatic heterocycles. The van der Waals surface area contributed by atoms with E-state index in [1.54, 1.807) is 30.6 Å². The SMILES string of the molecule is O=C(NCc1cc(F)cc(OCc2ccncc2)c1)[C@@H]1CCCN1S(=O)(=O)c1cc2cc(F)ccc2o1. The molecule has 1 saturated heterocycles. The van der Waals surface area contributed by atoms with Crippen LogP contribution in [0, 0.1) is 11.6 Å². The van der Waals surface area contributed by atoms with Gasteiger partial charge in [-0.2, -0.15) is 4.31 Å². The lowest BCUT2D eigenvalue weighted by Gasteiger charge is -2.22. The van der Waals surface area contributed by atoms with Crippen molar-refractivity contribution in [1.82, 2.24) is 14.6 Å². The number of sulfonamides is 1. The molecule has 1 fully saturated rings. The van der Waals surface area contributed by atoms with E-state index in [0.717, 1.165) is 9.87 Å². The van der Waals surface area contributed by atoms with Crippen molar-refractivity contribution in [3.8, 4) is 5.75 Å². The number of hydrogen-bond acceptors (Lipinski definition) is 6. The van der Waals surface area contributed by atoms with E-state index >= 15 is 0 Å². The van der Waals surface area contributed by atoms with Gasteiger partial charge in [0.15, 0.2) is 0 Å². The van der Waals surface area contributed by atoms with E-state index in [0.29, 0.717) is 29.5 Å². The van der Waals surface area contributed by atoms with Crippen LogP contribution in [0.3, 0.4) is 0 Å². The van der Waals surface area contributed by atoms with Crippen LogP contribution in [-0.4, -0.2) is 36.2 Å². The molecule has 37 heavy (non-hydrogen) atoms. The largest absolute Gasteiger partial charge is 0.489 e. The first kappa shape index (κ1) is 24.8. The predicted molar refractivity (Wildman–Crippen MR) is 130 cm³/mol. The van der Waals surface area contributed by atoms with Gasteiger partial charge in [-0.1, -0.05) is 0 Å². The Morgan fingerprint density at radius 3 is 2.68 bits per heavy atom. The summed E-state index contributed by atoms with van der Waals surface area (Å²) in [6.45, 7) is 0.344. The highest BCUT2D eigenvalue weighted by molar-refractivity contribution is 7.89. The highest BCUT2D eigenvalue weighted by Gasteiger charge is 2.41. The van der Waals surface area contributed by atoms with Gasteiger partial charge in [0.05, 0.1) is 0 Å². The summed E-state index contributed by atoms with van der Waals surface area (Å²) >= 11 is 0. The number of carbonyl (C=O) groups excluding carboxylic acids is 1. The maximum Gasteiger partial charge on any atom is 0.277 e. The quantitative estimate of drug-likeness (QED) is 0.369. The van der Waals surface area contributed by atoms with Gasteiger partial charge in [0.1, 0.15) is 35.6 Å². The number of nitrogens with one attached hydrogen (secondary N) is 1. The molecular formula is C26H23F2N3O5S. The van der Waals surface area contributed by atoms with Gasteiger partial charge in [0, 0.05) is 43.0 Å². The number of fused-ring (bicyclic) bond motifs is 1. The Bertz CT molecular complexity index is 1540. The van der Waals surface area contributed by atoms with E-state index in [9.17, 15) is 22.0 Å². The van der Waals surface area contributed by atoms with Crippen LogP contribution in [0.2, 0.25) is 0 Å². The number of pyridine rings is 1. The van der Waals surface area contributed by atoms with Crippen molar-refractivity contribution >= 4 is 26.9 Å². The molecule has 2 aromatic carbocycles. The van der Waals surface area contributed by atoms with Crippen molar-refractivity contribution in [3.05, 3.63) is 89.8 Å². The molecule has 1 aliphatic rings. The van der Waals surface area contributed by atoms with E-state index in [1.165, 1.54) is 36.4 Å². The van der Waals surface area contributed by atoms with E-state index < -0.39 is 33.6 Å². The highest BCUT2D eigenvalue weighted by Crippen LogP contribution is 2.30. The third-order valence-electron chi connectivity index (χ3n) is 6.08. The minimum absolute atomic E-state index is 0.0173. The van der Waals surface area contributed by atoms with Crippen LogP contribution in [0.5, 0.6) is 5.75 Å². The van der Waals surface area contributed by atoms with Gasteiger partial charge in [-0.25, -0.2) is 17.2 Å². The monoisotopic (exact) mass is 527 g/mol. The topological polar surface area (TPSA) is 102 Å². The number of benzene rings is 2. The highest BCUT2D eigenvalue weighted by atomic mass is 32.2. The average molecular weight is 528 g/mol. The minimum Gasteiger partial charge on any atom is -0.489 e. The average Bonchev–Trinajstić information content (AvgIpc) is 3.55. The summed E-state index contributed by atoms with van der Waals surface area (Å²) in [6.07, 6.45) is 4.07. The summed E-state index contributed by atoms with van der Waals surface area (Å²) in [7, 11) is -4.14. The molecular weight excluding hydrogens is 504 g/mol. The lowest BCUT2D eigenvalue weighted by atomic mass is 10.2. The van der Waals surface area contributed by atoms with Crippen LogP contribution in [0.4, 0.5) is 8.78 Å². The molecule has 1 atom stereocenters. The van der Waals surface area contributed by atoms with Crippen LogP contribution in [0.25, 0.3) is 11.0 Å². The number of furan rings is 1. The maximum absolute atomic E-state index is 14.2. The standard InChI is InChI=1S/C26H23F2N3O5S/c27-20-3-4-24-19(12-20)13-25(36-24)37(33,34)31-9-1-2-23(31)26(32)30-15-18-10-21(28)14-22(11-18)35-16-17-5-7-29-8-6-17/h3-8,10-14,23H,1-2,9,15-16H2,(H,30,32)/t23-/m0/s1. The summed E-state index contributed by atoms with van der Waals surface area (Å²) in [6, 6.07) is 11.7. The first-order valence-corrected chi connectivity index (χ1v) is 13.0. The molecule has 192 valence electrons. The Hall–Kier alpha value is -3.83. The second kappa shape index (κ2) is 10.3. The van der Waals surface area contributed by atoms with Gasteiger partial charge in [0.25, 0.3) is 10.0 Å². The van der Waals surface area contributed by atoms with Gasteiger partial charge in [0.2, 0.25) is 11.0 Å². The van der Waals surface area contributed by atoms with Crippen LogP contribution in [-0.2, 0) is 28.0 Å². The Kier molecular flexibility index (Phi) is 6.90. The molecule has 8 nitrogen and oxygen atoms in total. The number of carbonyl (C=O) groups is 1. The van der Waals surface area contributed by atoms with E-state index in [1.807, 2.05) is 0 Å². The Morgan fingerprint density at radius 2 is 1.86 bits per heavy atom. The smallest absolute Gasteiger partial charge is 0.277 e. The molecule has 3 heterocycles. The Labute approximate surface area is 211 Å². The van der Waals surface area contributed by atoms with Crippen LogP contribution >= 0.6 is 0 Å². The molecule has 11 heteroatoms. The zero-order valence-corrected chi connectivity index (χ0v) is 20.4. The first-order chi connectivity index (χ1) is 17.8. The third kappa shape index (κ3) is 5.47. The predicted octanol–water partition coefficient (Wildman–Crippen LogP) is 4.15. The first-order valence-electron chi connectivity index (χ1n) is 11.6. The molecule has 0 bridgehead atoms. The number of halogens is 2. The summed E-state index contributed by atoms with van der Waals surface area (Å²) in [5.41, 5.74) is 1.56. The fourth-order valence-electron chi connectivity index (χ4n) is 4.28. The second-order valence-electron chi connectivity index (χ2n) is 8.68. The van der Waals surface area contributed by atoms with E-state index in [-0.39, 0.29) is 30.4 Å². The van der Waals surface area contributed by atoms with Crippen molar-refractivity contribution in [2.75, 3.05) is 6.54 Å². The van der Waals surface area contributed by atoms with Crippen molar-refractivity contribution < 1.29 is 31.1 Å². The van der Waals surface area contributed by atoms with Crippen LogP contribution in [0.1, 0.15) is 24.0 Å². The lowest BCUT2D eigenvalue weighted by Crippen LogP contribution is -2.45. The number of ether oxygens (including phenoxy) is 1. The van der Waals surface area contributed by atoms with Crippen molar-refractivity contribution in [3.63, 3.8) is 0 Å². The maximum atomic E-state index is 14.2. The van der Waals surface area contributed by atoms with Crippen molar-refractivity contribution in [2.45, 2.75) is 37.1 Å². The van der Waals surface area contributed by atoms with Crippen LogP contribution < -0.4 is 10.1 Å². The Balaban J connectivity index is 1.26. The molecule has 1 amide bonds. The number of aromatic nitrogens is 1. The summed E-state index contributed by atoms with van der Waals surface area (Å²) in [5.74, 6) is -1.25. The lowest BCUT2D eigenvalue weighted by molar-refractivity contribution is -0.124. The molecule has 1 N–H and O–H groups in total. The third-order valence-corrected chi connectivity index (χ3v) is 7.84. The van der Waals surface area contributed by atoms with Gasteiger partial charge in [-0.15, -0.1) is 0 Å². The van der Waals surface area contributed by atoms with Crippen molar-refractivity contribution in [2.24, 2.45) is 0 Å². The van der Waals surface area contributed by atoms with E-state index in [2.05, 4.69) is 10.3 Å². The molecule has 5 rings (SSSR count). The number of hydrogen-bond donors (Lipinski definition) is 1. The molecule has 1 aliphatic heterocycles. The number of rotatable bonds is 8. The van der Waals surface area contributed by atoms with E-state index in [4.69, 9.17) is 9.15 Å². The summed E-state index contributed by atoms with van der Waals surface area (Å²) in [4.78, 5) is 16.9. The molecule has 0 aliphatic carbocycles. The van der Waals surface area contributed by atoms with Gasteiger partial charge in [-0.3, -0.25) is 9.78 Å². The zero-order valence-electron chi connectivity index (χ0n) is 19.6. The molecule has 0 spiro atoms. The molecule has 0 unspecified atom stereocenters. The number of nitrogens with zero attached hydrogens (tertiary/aromatic N) is 2. The zero-order chi connectivity index (χ0) is 26.0. The Morgan fingerprint density at radius 1 is 1.05 bits per heavy atom. The minimum atomic E-state index is -4.14. The van der Waals surface area contributed by atoms with Gasteiger partial charge >= 0.3 is 0 Å². The summed E-state index contributed by atoms with van der Waals surface area (Å²) in [5, 5.41) is 2.66. The second-order valence-corrected chi connectivity index (χ2v) is 10.5. The van der Waals surface area contributed by atoms with Gasteiger partial charge < -0.3 is 14.5 Å². The van der Waals surface area contributed by atoms with Crippen molar-refractivity contribution in [1.29, 1.82) is 0 Å². The molecule has 0 radical (unpaired) electrons. The normalized spacial score (nSPS) is 16.2. The fraction of sp³-hybridized carbons (Fsp3) is 0.231. The molecule has 0 saturated carbocycles.